The molecule has 0 saturated heterocycles. The van der Waals surface area contributed by atoms with Gasteiger partial charge >= 0.3 is 0 Å². The molecule has 3 N–H and O–H groups in total. The summed E-state index contributed by atoms with van der Waals surface area (Å²) in [6.45, 7) is 2.06. The number of halogens is 1. The second kappa shape index (κ2) is 3.16. The van der Waals surface area contributed by atoms with Gasteiger partial charge in [-0.25, -0.2) is 0 Å². The summed E-state index contributed by atoms with van der Waals surface area (Å²) < 4.78 is 1.11. The minimum Gasteiger partial charge on any atom is -0.396 e. The van der Waals surface area contributed by atoms with E-state index in [0.717, 1.165) is 15.0 Å². The van der Waals surface area contributed by atoms with Crippen LogP contribution in [0, 0.1) is 6.92 Å². The van der Waals surface area contributed by atoms with Crippen LogP contribution in [0.3, 0.4) is 0 Å². The van der Waals surface area contributed by atoms with Gasteiger partial charge in [0.25, 0.3) is 0 Å². The van der Waals surface area contributed by atoms with Gasteiger partial charge in [0.2, 0.25) is 0 Å². The number of aromatic amines is 1. The molecule has 2 aromatic rings. The molecule has 0 radical (unpaired) electrons. The van der Waals surface area contributed by atoms with Gasteiger partial charge in [0, 0.05) is 9.35 Å². The monoisotopic (exact) mass is 257 g/mol. The quantitative estimate of drug-likeness (QED) is 0.826. The maximum Gasteiger partial charge on any atom is 0.0980 e. The van der Waals surface area contributed by atoms with E-state index < -0.39 is 0 Å². The van der Waals surface area contributed by atoms with E-state index in [2.05, 4.69) is 33.1 Å². The summed E-state index contributed by atoms with van der Waals surface area (Å²) in [4.78, 5) is 2.35. The van der Waals surface area contributed by atoms with Crippen LogP contribution in [0.5, 0.6) is 0 Å². The number of nitrogens with one attached hydrogen (secondary N) is 1. The first-order chi connectivity index (χ1) is 6.18. The van der Waals surface area contributed by atoms with Crippen LogP contribution in [0.15, 0.2) is 16.7 Å². The molecule has 0 atom stereocenters. The number of nitrogens with zero attached hydrogens (tertiary/aromatic N) is 1. The standard InChI is InChI=1S/C8H8BrN3S/c1-4-5(9)2-7(13-4)8-6(10)3-11-12-8/h2-3H,10H2,1H3,(H,11,12). The largest absolute Gasteiger partial charge is 0.396 e. The number of hydrogen-bond acceptors (Lipinski definition) is 3. The van der Waals surface area contributed by atoms with Crippen molar-refractivity contribution >= 4 is 33.0 Å². The predicted octanol–water partition coefficient (Wildman–Crippen LogP) is 2.79. The fourth-order valence-corrected chi connectivity index (χ4v) is 2.63. The average Bonchev–Trinajstić information content (AvgIpc) is 2.60. The molecule has 68 valence electrons. The summed E-state index contributed by atoms with van der Waals surface area (Å²) in [6.07, 6.45) is 1.62. The Kier molecular flexibility index (Phi) is 2.13. The molecule has 0 aliphatic heterocycles. The molecule has 2 heterocycles. The Labute approximate surface area is 88.1 Å². The molecule has 0 spiro atoms. The number of rotatable bonds is 1. The van der Waals surface area contributed by atoms with Crippen molar-refractivity contribution < 1.29 is 0 Å². The molecule has 5 heteroatoms. The molecule has 3 nitrogen and oxygen atoms in total. The number of aromatic nitrogens is 2. The molecule has 0 fully saturated rings. The van der Waals surface area contributed by atoms with Crippen molar-refractivity contribution in [3.05, 3.63) is 21.6 Å². The highest BCUT2D eigenvalue weighted by Crippen LogP contribution is 2.35. The zero-order valence-corrected chi connectivity index (χ0v) is 9.37. The fraction of sp³-hybridized carbons (Fsp3) is 0.125. The smallest absolute Gasteiger partial charge is 0.0980 e. The van der Waals surface area contributed by atoms with Crippen molar-refractivity contribution in [3.8, 4) is 10.6 Å². The van der Waals surface area contributed by atoms with Gasteiger partial charge in [-0.15, -0.1) is 11.3 Å². The number of anilines is 1. The lowest BCUT2D eigenvalue weighted by atomic mass is 10.3. The predicted molar refractivity (Wildman–Crippen MR) is 58.8 cm³/mol. The summed E-state index contributed by atoms with van der Waals surface area (Å²) >= 11 is 5.15. The SMILES string of the molecule is Cc1sc(-c2[nH]ncc2N)cc1Br. The van der Waals surface area contributed by atoms with Gasteiger partial charge in [-0.05, 0) is 28.9 Å². The van der Waals surface area contributed by atoms with Crippen molar-refractivity contribution in [1.82, 2.24) is 10.2 Å². The summed E-state index contributed by atoms with van der Waals surface area (Å²) in [5.41, 5.74) is 7.32. The molecule has 0 bridgehead atoms. The maximum absolute atomic E-state index is 5.73. The maximum atomic E-state index is 5.73. The Morgan fingerprint density at radius 3 is 2.85 bits per heavy atom. The third-order valence-corrected chi connectivity index (χ3v) is 3.93. The van der Waals surface area contributed by atoms with Crippen LogP contribution in [0.4, 0.5) is 5.69 Å². The van der Waals surface area contributed by atoms with Crippen LogP contribution < -0.4 is 5.73 Å². The van der Waals surface area contributed by atoms with Crippen LogP contribution in [0.1, 0.15) is 4.88 Å². The molecule has 0 amide bonds. The second-order valence-corrected chi connectivity index (χ2v) is 4.83. The van der Waals surface area contributed by atoms with E-state index in [-0.39, 0.29) is 0 Å². The van der Waals surface area contributed by atoms with E-state index in [0.29, 0.717) is 5.69 Å². The Morgan fingerprint density at radius 2 is 2.38 bits per heavy atom. The van der Waals surface area contributed by atoms with Crippen molar-refractivity contribution in [3.63, 3.8) is 0 Å². The van der Waals surface area contributed by atoms with Crippen molar-refractivity contribution in [2.24, 2.45) is 0 Å². The zero-order valence-electron chi connectivity index (χ0n) is 6.97. The van der Waals surface area contributed by atoms with Crippen LogP contribution in [-0.4, -0.2) is 10.2 Å². The topological polar surface area (TPSA) is 54.7 Å². The number of nitrogen functional groups attached to an aromatic ring is 1. The van der Waals surface area contributed by atoms with E-state index in [1.54, 1.807) is 17.5 Å². The Hall–Kier alpha value is -0.810. The summed E-state index contributed by atoms with van der Waals surface area (Å²) in [7, 11) is 0. The van der Waals surface area contributed by atoms with Crippen molar-refractivity contribution in [1.29, 1.82) is 0 Å². The van der Waals surface area contributed by atoms with Crippen LogP contribution >= 0.6 is 27.3 Å². The highest BCUT2D eigenvalue weighted by Gasteiger charge is 2.09. The van der Waals surface area contributed by atoms with E-state index in [1.807, 2.05) is 6.07 Å². The van der Waals surface area contributed by atoms with Gasteiger partial charge in [0.05, 0.1) is 22.5 Å². The Morgan fingerprint density at radius 1 is 1.62 bits per heavy atom. The van der Waals surface area contributed by atoms with Gasteiger partial charge in [-0.2, -0.15) is 5.10 Å². The first-order valence-corrected chi connectivity index (χ1v) is 5.34. The summed E-state index contributed by atoms with van der Waals surface area (Å²) in [5.74, 6) is 0. The molecule has 2 aromatic heterocycles. The summed E-state index contributed by atoms with van der Waals surface area (Å²) in [5, 5.41) is 6.76. The highest BCUT2D eigenvalue weighted by molar-refractivity contribution is 9.10. The van der Waals surface area contributed by atoms with Gasteiger partial charge in [0.15, 0.2) is 0 Å². The van der Waals surface area contributed by atoms with Crippen LogP contribution in [-0.2, 0) is 0 Å². The molecule has 0 saturated carbocycles. The average molecular weight is 258 g/mol. The minimum atomic E-state index is 0.689. The Balaban J connectivity index is 2.53. The van der Waals surface area contributed by atoms with E-state index in [1.165, 1.54) is 4.88 Å². The van der Waals surface area contributed by atoms with Gasteiger partial charge in [0.1, 0.15) is 0 Å². The van der Waals surface area contributed by atoms with Gasteiger partial charge < -0.3 is 5.73 Å². The molecular weight excluding hydrogens is 250 g/mol. The second-order valence-electron chi connectivity index (χ2n) is 2.72. The minimum absolute atomic E-state index is 0.689. The lowest BCUT2D eigenvalue weighted by Gasteiger charge is -1.91. The van der Waals surface area contributed by atoms with Crippen molar-refractivity contribution in [2.45, 2.75) is 6.92 Å². The zero-order chi connectivity index (χ0) is 9.42. The molecular formula is C8H8BrN3S. The highest BCUT2D eigenvalue weighted by atomic mass is 79.9. The fourth-order valence-electron chi connectivity index (χ4n) is 1.08. The third kappa shape index (κ3) is 1.49. The number of nitrogens with two attached hydrogens (primary N) is 1. The molecule has 2 rings (SSSR count). The lowest BCUT2D eigenvalue weighted by Crippen LogP contribution is -1.83. The van der Waals surface area contributed by atoms with Crippen molar-refractivity contribution in [2.75, 3.05) is 5.73 Å². The van der Waals surface area contributed by atoms with E-state index >= 15 is 0 Å². The summed E-state index contributed by atoms with van der Waals surface area (Å²) in [6, 6.07) is 2.05. The first kappa shape index (κ1) is 8.77. The molecule has 13 heavy (non-hydrogen) atoms. The van der Waals surface area contributed by atoms with Gasteiger partial charge in [-0.3, -0.25) is 5.10 Å². The number of hydrogen-bond donors (Lipinski definition) is 2. The normalized spacial score (nSPS) is 10.6. The molecule has 0 aliphatic rings. The number of aryl methyl sites for hydroxylation is 1. The van der Waals surface area contributed by atoms with Crippen LogP contribution in [0.2, 0.25) is 0 Å². The molecule has 0 unspecified atom stereocenters. The van der Waals surface area contributed by atoms with E-state index in [9.17, 15) is 0 Å². The Bertz CT molecular complexity index is 413. The number of thiophene rings is 1. The van der Waals surface area contributed by atoms with Gasteiger partial charge in [-0.1, -0.05) is 0 Å². The van der Waals surface area contributed by atoms with Crippen LogP contribution in [0.25, 0.3) is 10.6 Å². The third-order valence-electron chi connectivity index (χ3n) is 1.77. The van der Waals surface area contributed by atoms with E-state index in [4.69, 9.17) is 5.73 Å². The lowest BCUT2D eigenvalue weighted by molar-refractivity contribution is 1.10. The molecule has 0 aromatic carbocycles. The molecule has 0 aliphatic carbocycles. The number of H-pyrrole nitrogens is 1. The first-order valence-electron chi connectivity index (χ1n) is 3.73.